The number of anilines is 1. The Bertz CT molecular complexity index is 546. The summed E-state index contributed by atoms with van der Waals surface area (Å²) in [4.78, 5) is 8.01. The summed E-state index contributed by atoms with van der Waals surface area (Å²) >= 11 is 6.09. The van der Waals surface area contributed by atoms with Crippen molar-refractivity contribution in [1.29, 1.82) is 0 Å². The predicted molar refractivity (Wildman–Crippen MR) is 63.1 cm³/mol. The molecule has 2 rings (SSSR count). The van der Waals surface area contributed by atoms with E-state index in [4.69, 9.17) is 17.3 Å². The molecule has 0 aliphatic rings. The summed E-state index contributed by atoms with van der Waals surface area (Å²) in [5.74, 6) is 0.286. The fourth-order valence-electron chi connectivity index (χ4n) is 1.67. The van der Waals surface area contributed by atoms with Crippen molar-refractivity contribution >= 4 is 17.4 Å². The average molecular weight is 238 g/mol. The molecule has 6 heteroatoms. The highest BCUT2D eigenvalue weighted by Gasteiger charge is 2.17. The van der Waals surface area contributed by atoms with E-state index in [1.54, 1.807) is 4.68 Å². The zero-order valence-electron chi connectivity index (χ0n) is 9.32. The van der Waals surface area contributed by atoms with Gasteiger partial charge in [-0.05, 0) is 13.8 Å². The molecule has 0 amide bonds. The van der Waals surface area contributed by atoms with E-state index in [2.05, 4.69) is 15.1 Å². The van der Waals surface area contributed by atoms with Crippen LogP contribution in [0, 0.1) is 13.8 Å². The van der Waals surface area contributed by atoms with Gasteiger partial charge in [0.25, 0.3) is 0 Å². The highest BCUT2D eigenvalue weighted by atomic mass is 35.5. The summed E-state index contributed by atoms with van der Waals surface area (Å²) in [5.41, 5.74) is 9.08. The van der Waals surface area contributed by atoms with Crippen LogP contribution in [0.25, 0.3) is 11.3 Å². The molecule has 0 radical (unpaired) electrons. The lowest BCUT2D eigenvalue weighted by Gasteiger charge is -2.05. The Hall–Kier alpha value is -1.62. The first-order valence-corrected chi connectivity index (χ1v) is 5.16. The van der Waals surface area contributed by atoms with E-state index < -0.39 is 0 Å². The van der Waals surface area contributed by atoms with Gasteiger partial charge in [-0.15, -0.1) is 0 Å². The summed E-state index contributed by atoms with van der Waals surface area (Å²) in [7, 11) is 1.88. The van der Waals surface area contributed by atoms with Crippen LogP contribution in [-0.2, 0) is 7.05 Å². The topological polar surface area (TPSA) is 69.6 Å². The van der Waals surface area contributed by atoms with Gasteiger partial charge in [-0.1, -0.05) is 11.6 Å². The largest absolute Gasteiger partial charge is 0.382 e. The highest BCUT2D eigenvalue weighted by Crippen LogP contribution is 2.32. The van der Waals surface area contributed by atoms with Crippen LogP contribution >= 0.6 is 11.6 Å². The summed E-state index contributed by atoms with van der Waals surface area (Å²) in [6.45, 7) is 3.88. The maximum absolute atomic E-state index is 6.09. The molecule has 0 bridgehead atoms. The molecule has 2 aromatic heterocycles. The maximum Gasteiger partial charge on any atom is 0.146 e. The van der Waals surface area contributed by atoms with Crippen molar-refractivity contribution in [3.63, 3.8) is 0 Å². The Morgan fingerprint density at radius 3 is 2.56 bits per heavy atom. The Balaban J connectivity index is 2.72. The van der Waals surface area contributed by atoms with Gasteiger partial charge in [0.2, 0.25) is 0 Å². The van der Waals surface area contributed by atoms with Crippen molar-refractivity contribution < 1.29 is 0 Å². The summed E-state index contributed by atoms with van der Waals surface area (Å²) < 4.78 is 1.79. The van der Waals surface area contributed by atoms with Gasteiger partial charge in [0.1, 0.15) is 17.2 Å². The van der Waals surface area contributed by atoms with E-state index in [9.17, 15) is 0 Å². The van der Waals surface area contributed by atoms with Gasteiger partial charge in [-0.25, -0.2) is 9.97 Å². The number of nitrogens with zero attached hydrogens (tertiary/aromatic N) is 4. The fourth-order valence-corrected chi connectivity index (χ4v) is 1.87. The van der Waals surface area contributed by atoms with Crippen LogP contribution in [0.4, 0.5) is 5.82 Å². The quantitative estimate of drug-likeness (QED) is 0.820. The molecule has 84 valence electrons. The molecule has 0 saturated carbocycles. The molecule has 0 unspecified atom stereocenters. The van der Waals surface area contributed by atoms with Crippen molar-refractivity contribution in [2.45, 2.75) is 13.8 Å². The molecule has 0 atom stereocenters. The molecule has 2 N–H and O–H groups in total. The Labute approximate surface area is 98.3 Å². The number of hydrogen-bond acceptors (Lipinski definition) is 4. The zero-order valence-corrected chi connectivity index (χ0v) is 10.1. The molecule has 16 heavy (non-hydrogen) atoms. The Morgan fingerprint density at radius 1 is 1.31 bits per heavy atom. The first-order valence-electron chi connectivity index (χ1n) is 4.79. The SMILES string of the molecule is Cc1nn(C)c(C)c1-c1ncnc(N)c1Cl. The standard InChI is InChI=1S/C10H12ClN5/c1-5-7(6(2)16(3)15-5)9-8(11)10(12)14-4-13-9/h4H,1-3H3,(H2,12,13,14). The zero-order chi connectivity index (χ0) is 11.9. The average Bonchev–Trinajstić information content (AvgIpc) is 2.47. The second-order valence-corrected chi connectivity index (χ2v) is 3.97. The van der Waals surface area contributed by atoms with E-state index in [-0.39, 0.29) is 5.82 Å². The Kier molecular flexibility index (Phi) is 2.55. The molecule has 0 aliphatic carbocycles. The molecule has 0 spiro atoms. The first-order chi connectivity index (χ1) is 7.52. The second kappa shape index (κ2) is 3.75. The van der Waals surface area contributed by atoms with E-state index in [1.807, 2.05) is 20.9 Å². The monoisotopic (exact) mass is 237 g/mol. The lowest BCUT2D eigenvalue weighted by atomic mass is 10.1. The third kappa shape index (κ3) is 1.53. The third-order valence-corrected chi connectivity index (χ3v) is 2.93. The van der Waals surface area contributed by atoms with E-state index in [0.29, 0.717) is 10.7 Å². The van der Waals surface area contributed by atoms with Crippen molar-refractivity contribution in [3.8, 4) is 11.3 Å². The minimum absolute atomic E-state index is 0.286. The number of nitrogen functional groups attached to an aromatic ring is 1. The lowest BCUT2D eigenvalue weighted by Crippen LogP contribution is -1.97. The number of rotatable bonds is 1. The van der Waals surface area contributed by atoms with E-state index in [0.717, 1.165) is 17.0 Å². The molecule has 0 aliphatic heterocycles. The first kappa shape index (κ1) is 10.9. The van der Waals surface area contributed by atoms with Gasteiger partial charge in [0.05, 0.1) is 11.4 Å². The molecule has 5 nitrogen and oxygen atoms in total. The molecule has 0 aromatic carbocycles. The molecular formula is C10H12ClN5. The third-order valence-electron chi connectivity index (χ3n) is 2.56. The van der Waals surface area contributed by atoms with Crippen LogP contribution in [0.5, 0.6) is 0 Å². The maximum atomic E-state index is 6.09. The number of hydrogen-bond donors (Lipinski definition) is 1. The van der Waals surface area contributed by atoms with Gasteiger partial charge in [-0.2, -0.15) is 5.10 Å². The molecule has 0 fully saturated rings. The van der Waals surface area contributed by atoms with Crippen LogP contribution in [-0.4, -0.2) is 19.7 Å². The number of halogens is 1. The van der Waals surface area contributed by atoms with Crippen molar-refractivity contribution in [1.82, 2.24) is 19.7 Å². The molecular weight excluding hydrogens is 226 g/mol. The number of aryl methyl sites for hydroxylation is 2. The van der Waals surface area contributed by atoms with E-state index >= 15 is 0 Å². The highest BCUT2D eigenvalue weighted by molar-refractivity contribution is 6.35. The van der Waals surface area contributed by atoms with Gasteiger partial charge in [0.15, 0.2) is 0 Å². The van der Waals surface area contributed by atoms with Gasteiger partial charge in [-0.3, -0.25) is 4.68 Å². The van der Waals surface area contributed by atoms with Crippen molar-refractivity contribution in [3.05, 3.63) is 22.7 Å². The predicted octanol–water partition coefficient (Wildman–Crippen LogP) is 1.73. The van der Waals surface area contributed by atoms with E-state index in [1.165, 1.54) is 6.33 Å². The second-order valence-electron chi connectivity index (χ2n) is 3.59. The number of aromatic nitrogens is 4. The molecule has 0 saturated heterocycles. The minimum Gasteiger partial charge on any atom is -0.382 e. The lowest BCUT2D eigenvalue weighted by molar-refractivity contribution is 0.731. The van der Waals surface area contributed by atoms with Crippen LogP contribution in [0.1, 0.15) is 11.4 Å². The van der Waals surface area contributed by atoms with Crippen molar-refractivity contribution in [2.75, 3.05) is 5.73 Å². The van der Waals surface area contributed by atoms with Crippen LogP contribution < -0.4 is 5.73 Å². The van der Waals surface area contributed by atoms with Gasteiger partial charge >= 0.3 is 0 Å². The van der Waals surface area contributed by atoms with Crippen LogP contribution in [0.3, 0.4) is 0 Å². The molecule has 2 aromatic rings. The van der Waals surface area contributed by atoms with Gasteiger partial charge in [0, 0.05) is 18.3 Å². The minimum atomic E-state index is 0.286. The fraction of sp³-hybridized carbons (Fsp3) is 0.300. The van der Waals surface area contributed by atoms with Crippen molar-refractivity contribution in [2.24, 2.45) is 7.05 Å². The van der Waals surface area contributed by atoms with Gasteiger partial charge < -0.3 is 5.73 Å². The summed E-state index contributed by atoms with van der Waals surface area (Å²) in [6.07, 6.45) is 1.41. The smallest absolute Gasteiger partial charge is 0.146 e. The molecule has 2 heterocycles. The Morgan fingerprint density at radius 2 is 2.00 bits per heavy atom. The van der Waals surface area contributed by atoms with Crippen LogP contribution in [0.15, 0.2) is 6.33 Å². The normalized spacial score (nSPS) is 10.8. The number of nitrogens with two attached hydrogens (primary N) is 1. The summed E-state index contributed by atoms with van der Waals surface area (Å²) in [5, 5.41) is 4.69. The van der Waals surface area contributed by atoms with Crippen LogP contribution in [0.2, 0.25) is 5.02 Å². The summed E-state index contributed by atoms with van der Waals surface area (Å²) in [6, 6.07) is 0.